The zero-order valence-electron chi connectivity index (χ0n) is 8.93. The second-order valence-corrected chi connectivity index (χ2v) is 3.95. The van der Waals surface area contributed by atoms with Gasteiger partial charge in [0.05, 0.1) is 0 Å². The maximum absolute atomic E-state index is 3.21. The summed E-state index contributed by atoms with van der Waals surface area (Å²) in [5.41, 5.74) is 6.06. The number of rotatable bonds is 3. The van der Waals surface area contributed by atoms with Crippen LogP contribution in [0.3, 0.4) is 0 Å². The number of fused-ring (bicyclic) bond motifs is 1. The molecule has 0 bridgehead atoms. The second-order valence-electron chi connectivity index (χ2n) is 3.95. The highest BCUT2D eigenvalue weighted by Gasteiger charge is 2.16. The lowest BCUT2D eigenvalue weighted by Gasteiger charge is -2.05. The predicted octanol–water partition coefficient (Wildman–Crippen LogP) is 2.63. The first kappa shape index (κ1) is 9.47. The number of allylic oxidation sites excluding steroid dienone is 1. The maximum Gasteiger partial charge on any atom is -0.00111 e. The zero-order valence-corrected chi connectivity index (χ0v) is 8.93. The Morgan fingerprint density at radius 2 is 2.07 bits per heavy atom. The van der Waals surface area contributed by atoms with Crippen LogP contribution in [0.25, 0.3) is 5.57 Å². The SMILES string of the molecule is CNCCC1=C(C)Cc2ccccc21. The highest BCUT2D eigenvalue weighted by Crippen LogP contribution is 2.34. The molecule has 1 N–H and O–H groups in total. The Morgan fingerprint density at radius 3 is 2.86 bits per heavy atom. The van der Waals surface area contributed by atoms with Gasteiger partial charge in [-0.05, 0) is 50.1 Å². The Hall–Kier alpha value is -1.08. The molecule has 1 aliphatic carbocycles. The standard InChI is InChI=1S/C13H17N/c1-10-9-11-5-3-4-6-13(11)12(10)7-8-14-2/h3-6,14H,7-9H2,1-2H3. The minimum atomic E-state index is 1.07. The molecule has 1 aliphatic rings. The molecule has 0 heterocycles. The molecule has 14 heavy (non-hydrogen) atoms. The summed E-state index contributed by atoms with van der Waals surface area (Å²) in [4.78, 5) is 0. The highest BCUT2D eigenvalue weighted by molar-refractivity contribution is 5.76. The van der Waals surface area contributed by atoms with Crippen LogP contribution in [0.15, 0.2) is 29.8 Å². The molecule has 0 spiro atoms. The van der Waals surface area contributed by atoms with Crippen LogP contribution in [0, 0.1) is 0 Å². The molecule has 0 amide bonds. The van der Waals surface area contributed by atoms with E-state index in [0.29, 0.717) is 0 Å². The number of nitrogens with one attached hydrogen (secondary N) is 1. The Kier molecular flexibility index (Phi) is 2.69. The summed E-state index contributed by atoms with van der Waals surface area (Å²) in [6, 6.07) is 8.76. The molecule has 1 heteroatoms. The Bertz CT molecular complexity index is 363. The van der Waals surface area contributed by atoms with Crippen molar-refractivity contribution in [2.75, 3.05) is 13.6 Å². The van der Waals surface area contributed by atoms with Crippen LogP contribution >= 0.6 is 0 Å². The van der Waals surface area contributed by atoms with E-state index in [9.17, 15) is 0 Å². The molecule has 0 atom stereocenters. The van der Waals surface area contributed by atoms with Gasteiger partial charge in [0.1, 0.15) is 0 Å². The van der Waals surface area contributed by atoms with Crippen molar-refractivity contribution in [3.8, 4) is 0 Å². The fourth-order valence-corrected chi connectivity index (χ4v) is 2.19. The van der Waals surface area contributed by atoms with Crippen molar-refractivity contribution in [3.63, 3.8) is 0 Å². The first-order chi connectivity index (χ1) is 6.83. The maximum atomic E-state index is 3.21. The fourth-order valence-electron chi connectivity index (χ4n) is 2.19. The molecule has 74 valence electrons. The molecule has 0 saturated heterocycles. The molecular weight excluding hydrogens is 170 g/mol. The molecule has 0 aromatic heterocycles. The van der Waals surface area contributed by atoms with Crippen molar-refractivity contribution in [1.82, 2.24) is 5.32 Å². The van der Waals surface area contributed by atoms with Gasteiger partial charge >= 0.3 is 0 Å². The lowest BCUT2D eigenvalue weighted by Crippen LogP contribution is -2.08. The summed E-state index contributed by atoms with van der Waals surface area (Å²) in [6.45, 7) is 3.33. The second kappa shape index (κ2) is 3.97. The van der Waals surface area contributed by atoms with Gasteiger partial charge in [-0.3, -0.25) is 0 Å². The van der Waals surface area contributed by atoms with Gasteiger partial charge < -0.3 is 5.32 Å². The third kappa shape index (κ3) is 1.60. The van der Waals surface area contributed by atoms with Crippen LogP contribution in [0.4, 0.5) is 0 Å². The minimum Gasteiger partial charge on any atom is -0.319 e. The molecule has 2 rings (SSSR count). The Morgan fingerprint density at radius 1 is 1.29 bits per heavy atom. The van der Waals surface area contributed by atoms with E-state index >= 15 is 0 Å². The minimum absolute atomic E-state index is 1.07. The van der Waals surface area contributed by atoms with Gasteiger partial charge in [0, 0.05) is 0 Å². The molecule has 0 radical (unpaired) electrons. The van der Waals surface area contributed by atoms with Gasteiger partial charge in [-0.15, -0.1) is 0 Å². The number of hydrogen-bond acceptors (Lipinski definition) is 1. The van der Waals surface area contributed by atoms with E-state index in [1.165, 1.54) is 11.1 Å². The Balaban J connectivity index is 2.27. The van der Waals surface area contributed by atoms with Crippen LogP contribution in [-0.2, 0) is 6.42 Å². The van der Waals surface area contributed by atoms with Crippen molar-refractivity contribution >= 4 is 5.57 Å². The molecule has 1 aromatic rings. The Labute approximate surface area is 85.8 Å². The summed E-state index contributed by atoms with van der Waals surface area (Å²) in [5, 5.41) is 3.21. The van der Waals surface area contributed by atoms with Crippen LogP contribution in [0.1, 0.15) is 24.5 Å². The van der Waals surface area contributed by atoms with Gasteiger partial charge in [0.2, 0.25) is 0 Å². The van der Waals surface area contributed by atoms with E-state index in [0.717, 1.165) is 19.4 Å². The van der Waals surface area contributed by atoms with Crippen molar-refractivity contribution in [2.24, 2.45) is 0 Å². The van der Waals surface area contributed by atoms with E-state index in [2.05, 4.69) is 36.5 Å². The van der Waals surface area contributed by atoms with Crippen LogP contribution < -0.4 is 5.32 Å². The number of hydrogen-bond donors (Lipinski definition) is 1. The van der Waals surface area contributed by atoms with Gasteiger partial charge in [-0.2, -0.15) is 0 Å². The quantitative estimate of drug-likeness (QED) is 0.767. The summed E-state index contributed by atoms with van der Waals surface area (Å²) < 4.78 is 0. The number of benzene rings is 1. The van der Waals surface area contributed by atoms with Crippen LogP contribution in [0.5, 0.6) is 0 Å². The van der Waals surface area contributed by atoms with Crippen LogP contribution in [-0.4, -0.2) is 13.6 Å². The normalized spacial score (nSPS) is 14.7. The van der Waals surface area contributed by atoms with Crippen molar-refractivity contribution in [2.45, 2.75) is 19.8 Å². The van der Waals surface area contributed by atoms with E-state index < -0.39 is 0 Å². The first-order valence-electron chi connectivity index (χ1n) is 5.24. The third-order valence-corrected chi connectivity index (χ3v) is 2.94. The van der Waals surface area contributed by atoms with Crippen molar-refractivity contribution in [3.05, 3.63) is 41.0 Å². The average Bonchev–Trinajstić information content (AvgIpc) is 2.51. The van der Waals surface area contributed by atoms with Gasteiger partial charge in [-0.1, -0.05) is 29.8 Å². The third-order valence-electron chi connectivity index (χ3n) is 2.94. The molecule has 1 aromatic carbocycles. The summed E-state index contributed by atoms with van der Waals surface area (Å²) in [5.74, 6) is 0. The lowest BCUT2D eigenvalue weighted by molar-refractivity contribution is 0.814. The van der Waals surface area contributed by atoms with Gasteiger partial charge in [0.25, 0.3) is 0 Å². The fraction of sp³-hybridized carbons (Fsp3) is 0.385. The molecule has 0 saturated carbocycles. The van der Waals surface area contributed by atoms with E-state index in [1.807, 2.05) is 7.05 Å². The molecule has 0 aliphatic heterocycles. The van der Waals surface area contributed by atoms with Crippen molar-refractivity contribution < 1.29 is 0 Å². The molecule has 0 unspecified atom stereocenters. The van der Waals surface area contributed by atoms with Gasteiger partial charge in [0.15, 0.2) is 0 Å². The topological polar surface area (TPSA) is 12.0 Å². The van der Waals surface area contributed by atoms with E-state index in [1.54, 1.807) is 11.1 Å². The van der Waals surface area contributed by atoms with E-state index in [-0.39, 0.29) is 0 Å². The summed E-state index contributed by atoms with van der Waals surface area (Å²) in [6.07, 6.45) is 2.30. The van der Waals surface area contributed by atoms with Crippen molar-refractivity contribution in [1.29, 1.82) is 0 Å². The van der Waals surface area contributed by atoms with Crippen LogP contribution in [0.2, 0.25) is 0 Å². The smallest absolute Gasteiger partial charge is 0.00111 e. The van der Waals surface area contributed by atoms with Gasteiger partial charge in [-0.25, -0.2) is 0 Å². The molecule has 0 fully saturated rings. The highest BCUT2D eigenvalue weighted by atomic mass is 14.8. The van der Waals surface area contributed by atoms with E-state index in [4.69, 9.17) is 0 Å². The summed E-state index contributed by atoms with van der Waals surface area (Å²) >= 11 is 0. The lowest BCUT2D eigenvalue weighted by atomic mass is 10.0. The average molecular weight is 187 g/mol. The summed E-state index contributed by atoms with van der Waals surface area (Å²) in [7, 11) is 2.01. The predicted molar refractivity (Wildman–Crippen MR) is 61.3 cm³/mol. The first-order valence-corrected chi connectivity index (χ1v) is 5.24. The molecule has 1 nitrogen and oxygen atoms in total. The molecular formula is C13H17N. The monoisotopic (exact) mass is 187 g/mol. The largest absolute Gasteiger partial charge is 0.319 e. The zero-order chi connectivity index (χ0) is 9.97.